The smallest absolute Gasteiger partial charge is 0.223 e. The van der Waals surface area contributed by atoms with E-state index in [1.54, 1.807) is 6.20 Å². The summed E-state index contributed by atoms with van der Waals surface area (Å²) in [5, 5.41) is 11.2. The predicted molar refractivity (Wildman–Crippen MR) is 128 cm³/mol. The maximum Gasteiger partial charge on any atom is 0.223 e. The van der Waals surface area contributed by atoms with Crippen molar-refractivity contribution in [2.24, 2.45) is 0 Å². The van der Waals surface area contributed by atoms with E-state index in [1.807, 2.05) is 95.6 Å². The van der Waals surface area contributed by atoms with E-state index < -0.39 is 6.10 Å². The van der Waals surface area contributed by atoms with Crippen molar-refractivity contribution in [1.29, 1.82) is 0 Å². The summed E-state index contributed by atoms with van der Waals surface area (Å²) in [7, 11) is 0. The van der Waals surface area contributed by atoms with Gasteiger partial charge in [-0.25, -0.2) is 0 Å². The molecule has 0 saturated heterocycles. The van der Waals surface area contributed by atoms with Crippen molar-refractivity contribution in [2.45, 2.75) is 25.9 Å². The monoisotopic (exact) mass is 441 g/mol. The molecule has 0 aliphatic rings. The van der Waals surface area contributed by atoms with Gasteiger partial charge >= 0.3 is 0 Å². The molecular formula is C28H27NO4. The van der Waals surface area contributed by atoms with Crippen LogP contribution in [0.25, 0.3) is 0 Å². The molecule has 0 radical (unpaired) electrons. The highest BCUT2D eigenvalue weighted by Crippen LogP contribution is 2.28. The number of hydrogen-bond donors (Lipinski definition) is 1. The number of aliphatic hydroxyl groups is 1. The molecule has 1 unspecified atom stereocenters. The van der Waals surface area contributed by atoms with Crippen LogP contribution >= 0.6 is 0 Å². The Bertz CT molecular complexity index is 1190. The highest BCUT2D eigenvalue weighted by atomic mass is 16.5. The fraction of sp³-hybridized carbons (Fsp3) is 0.179. The lowest BCUT2D eigenvalue weighted by Gasteiger charge is -2.22. The lowest BCUT2D eigenvalue weighted by Crippen LogP contribution is -2.21. The lowest BCUT2D eigenvalue weighted by molar-refractivity contribution is 0.109. The van der Waals surface area contributed by atoms with Gasteiger partial charge in [-0.05, 0) is 16.7 Å². The second kappa shape index (κ2) is 11.3. The van der Waals surface area contributed by atoms with E-state index in [9.17, 15) is 9.90 Å². The van der Waals surface area contributed by atoms with E-state index in [-0.39, 0.29) is 17.8 Å². The molecule has 4 aromatic rings. The van der Waals surface area contributed by atoms with Crippen LogP contribution in [0.4, 0.5) is 0 Å². The van der Waals surface area contributed by atoms with E-state index in [0.717, 1.165) is 11.1 Å². The van der Waals surface area contributed by atoms with Gasteiger partial charge in [0.05, 0.1) is 18.9 Å². The molecule has 0 bridgehead atoms. The van der Waals surface area contributed by atoms with E-state index in [0.29, 0.717) is 31.0 Å². The fourth-order valence-electron chi connectivity index (χ4n) is 3.64. The minimum atomic E-state index is -1.01. The summed E-state index contributed by atoms with van der Waals surface area (Å²) in [5.41, 5.74) is 2.88. The topological polar surface area (TPSA) is 60.7 Å². The van der Waals surface area contributed by atoms with Crippen LogP contribution in [0, 0.1) is 0 Å². The van der Waals surface area contributed by atoms with Gasteiger partial charge in [0.25, 0.3) is 0 Å². The Morgan fingerprint density at radius 3 is 1.97 bits per heavy atom. The molecule has 0 fully saturated rings. The molecule has 3 aromatic carbocycles. The van der Waals surface area contributed by atoms with Crippen molar-refractivity contribution in [2.75, 3.05) is 6.61 Å². The Labute approximate surface area is 193 Å². The van der Waals surface area contributed by atoms with Crippen molar-refractivity contribution < 1.29 is 14.6 Å². The number of ether oxygens (including phenoxy) is 2. The molecule has 1 heterocycles. The summed E-state index contributed by atoms with van der Waals surface area (Å²) in [6.45, 7) is 1.62. The SMILES string of the molecule is O=c1ccn(CCOCc2ccccc2)c(C(O)c2ccccc2)c1OCc1ccccc1. The van der Waals surface area contributed by atoms with Crippen LogP contribution < -0.4 is 10.2 Å². The molecule has 0 aliphatic heterocycles. The molecule has 0 aliphatic carbocycles. The maximum atomic E-state index is 12.8. The van der Waals surface area contributed by atoms with Gasteiger partial charge < -0.3 is 19.1 Å². The van der Waals surface area contributed by atoms with Crippen LogP contribution in [-0.4, -0.2) is 16.3 Å². The van der Waals surface area contributed by atoms with Crippen LogP contribution in [0.15, 0.2) is 108 Å². The molecule has 1 N–H and O–H groups in total. The lowest BCUT2D eigenvalue weighted by atomic mass is 10.0. The quantitative estimate of drug-likeness (QED) is 0.362. The molecular weight excluding hydrogens is 414 g/mol. The summed E-state index contributed by atoms with van der Waals surface area (Å²) in [6.07, 6.45) is 0.672. The number of hydrogen-bond acceptors (Lipinski definition) is 4. The molecule has 0 saturated carbocycles. The van der Waals surface area contributed by atoms with E-state index >= 15 is 0 Å². The fourth-order valence-corrected chi connectivity index (χ4v) is 3.64. The third-order valence-electron chi connectivity index (χ3n) is 5.36. The van der Waals surface area contributed by atoms with E-state index in [2.05, 4.69) is 0 Å². The summed E-state index contributed by atoms with van der Waals surface area (Å²) < 4.78 is 13.7. The van der Waals surface area contributed by atoms with E-state index in [4.69, 9.17) is 9.47 Å². The normalized spacial score (nSPS) is 11.8. The van der Waals surface area contributed by atoms with E-state index in [1.165, 1.54) is 6.07 Å². The molecule has 1 atom stereocenters. The van der Waals surface area contributed by atoms with Crippen molar-refractivity contribution in [3.8, 4) is 5.75 Å². The van der Waals surface area contributed by atoms with Gasteiger partial charge in [0.2, 0.25) is 5.43 Å². The third-order valence-corrected chi connectivity index (χ3v) is 5.36. The van der Waals surface area contributed by atoms with Gasteiger partial charge in [0.1, 0.15) is 12.7 Å². The predicted octanol–water partition coefficient (Wildman–Crippen LogP) is 4.73. The second-order valence-electron chi connectivity index (χ2n) is 7.71. The molecule has 33 heavy (non-hydrogen) atoms. The van der Waals surface area contributed by atoms with Gasteiger partial charge in [0, 0.05) is 18.8 Å². The number of aliphatic hydroxyl groups excluding tert-OH is 1. The first-order chi connectivity index (χ1) is 16.2. The summed E-state index contributed by atoms with van der Waals surface area (Å²) in [4.78, 5) is 12.8. The zero-order valence-electron chi connectivity index (χ0n) is 18.3. The first kappa shape index (κ1) is 22.5. The van der Waals surface area contributed by atoms with Gasteiger partial charge in [-0.15, -0.1) is 0 Å². The van der Waals surface area contributed by atoms with Crippen LogP contribution in [0.3, 0.4) is 0 Å². The maximum absolute atomic E-state index is 12.8. The number of pyridine rings is 1. The van der Waals surface area contributed by atoms with Crippen LogP contribution in [-0.2, 0) is 24.5 Å². The zero-order chi connectivity index (χ0) is 22.9. The number of aromatic nitrogens is 1. The highest BCUT2D eigenvalue weighted by molar-refractivity contribution is 5.36. The Morgan fingerprint density at radius 1 is 0.758 bits per heavy atom. The number of rotatable bonds is 10. The van der Waals surface area contributed by atoms with Gasteiger partial charge in [-0.3, -0.25) is 4.79 Å². The number of nitrogens with zero attached hydrogens (tertiary/aromatic N) is 1. The molecule has 168 valence electrons. The first-order valence-corrected chi connectivity index (χ1v) is 11.0. The summed E-state index contributed by atoms with van der Waals surface area (Å²) in [5.74, 6) is 0.153. The minimum absolute atomic E-state index is 0.153. The Balaban J connectivity index is 1.58. The zero-order valence-corrected chi connectivity index (χ0v) is 18.3. The average Bonchev–Trinajstić information content (AvgIpc) is 2.87. The van der Waals surface area contributed by atoms with Crippen molar-refractivity contribution >= 4 is 0 Å². The Hall–Kier alpha value is -3.67. The van der Waals surface area contributed by atoms with Gasteiger partial charge in [-0.2, -0.15) is 0 Å². The first-order valence-electron chi connectivity index (χ1n) is 11.0. The van der Waals surface area contributed by atoms with Crippen molar-refractivity contribution in [3.63, 3.8) is 0 Å². The van der Waals surface area contributed by atoms with Crippen molar-refractivity contribution in [1.82, 2.24) is 4.57 Å². The third kappa shape index (κ3) is 5.98. The highest BCUT2D eigenvalue weighted by Gasteiger charge is 2.22. The Kier molecular flexibility index (Phi) is 7.69. The standard InChI is InChI=1S/C28H27NO4/c30-25-16-17-29(18-19-32-20-22-10-4-1-5-11-22)26(27(31)24-14-8-3-9-15-24)28(25)33-21-23-12-6-2-7-13-23/h1-17,27,31H,18-21H2. The average molecular weight is 442 g/mol. The largest absolute Gasteiger partial charge is 0.483 e. The Morgan fingerprint density at radius 2 is 1.33 bits per heavy atom. The molecule has 0 spiro atoms. The van der Waals surface area contributed by atoms with Crippen LogP contribution in [0.2, 0.25) is 0 Å². The minimum Gasteiger partial charge on any atom is -0.483 e. The molecule has 1 aromatic heterocycles. The molecule has 5 nitrogen and oxygen atoms in total. The number of benzene rings is 3. The molecule has 4 rings (SSSR count). The van der Waals surface area contributed by atoms with Gasteiger partial charge in [0.15, 0.2) is 5.75 Å². The molecule has 5 heteroatoms. The summed E-state index contributed by atoms with van der Waals surface area (Å²) in [6, 6.07) is 30.3. The molecule has 0 amide bonds. The van der Waals surface area contributed by atoms with Crippen LogP contribution in [0.5, 0.6) is 5.75 Å². The van der Waals surface area contributed by atoms with Gasteiger partial charge in [-0.1, -0.05) is 91.0 Å². The van der Waals surface area contributed by atoms with Crippen LogP contribution in [0.1, 0.15) is 28.5 Å². The summed E-state index contributed by atoms with van der Waals surface area (Å²) >= 11 is 0. The second-order valence-corrected chi connectivity index (χ2v) is 7.71. The van der Waals surface area contributed by atoms with Crippen molar-refractivity contribution in [3.05, 3.63) is 136 Å².